The second-order valence-electron chi connectivity index (χ2n) is 5.33. The van der Waals surface area contributed by atoms with Gasteiger partial charge in [-0.3, -0.25) is 4.79 Å². The SMILES string of the molecule is C=CCSSCCC(=O)NC(C)(Cc1ccc(O)c(O)c1)C(=O)O. The van der Waals surface area contributed by atoms with E-state index in [2.05, 4.69) is 11.9 Å². The molecule has 0 spiro atoms. The first-order chi connectivity index (χ1) is 11.3. The van der Waals surface area contributed by atoms with E-state index in [0.717, 1.165) is 5.75 Å². The van der Waals surface area contributed by atoms with Gasteiger partial charge in [0, 0.05) is 24.3 Å². The predicted molar refractivity (Wildman–Crippen MR) is 97.4 cm³/mol. The molecule has 0 fully saturated rings. The van der Waals surface area contributed by atoms with Crippen molar-refractivity contribution >= 4 is 33.5 Å². The average Bonchev–Trinajstić information content (AvgIpc) is 2.50. The summed E-state index contributed by atoms with van der Waals surface area (Å²) in [6, 6.07) is 4.07. The van der Waals surface area contributed by atoms with E-state index in [1.54, 1.807) is 16.9 Å². The Morgan fingerprint density at radius 1 is 1.29 bits per heavy atom. The standard InChI is InChI=1S/C16H21NO5S2/c1-3-7-23-24-8-6-14(20)17-16(2,15(21)22)10-11-4-5-12(18)13(19)9-11/h3-5,9,18-19H,1,6-8,10H2,2H3,(H,17,20)(H,21,22). The molecule has 0 aliphatic rings. The number of amides is 1. The Kier molecular flexibility index (Phi) is 8.00. The van der Waals surface area contributed by atoms with Crippen LogP contribution in [0.1, 0.15) is 18.9 Å². The van der Waals surface area contributed by atoms with Gasteiger partial charge in [-0.1, -0.05) is 33.7 Å². The molecule has 0 aliphatic carbocycles. The van der Waals surface area contributed by atoms with Gasteiger partial charge in [0.15, 0.2) is 11.5 Å². The fourth-order valence-electron chi connectivity index (χ4n) is 1.92. The van der Waals surface area contributed by atoms with Gasteiger partial charge in [-0.2, -0.15) is 0 Å². The minimum Gasteiger partial charge on any atom is -0.504 e. The van der Waals surface area contributed by atoms with E-state index in [9.17, 15) is 24.9 Å². The molecule has 6 nitrogen and oxygen atoms in total. The quantitative estimate of drug-likeness (QED) is 0.217. The van der Waals surface area contributed by atoms with Gasteiger partial charge in [-0.15, -0.1) is 6.58 Å². The Labute approximate surface area is 148 Å². The highest BCUT2D eigenvalue weighted by atomic mass is 33.1. The van der Waals surface area contributed by atoms with Crippen LogP contribution in [-0.2, 0) is 16.0 Å². The van der Waals surface area contributed by atoms with Crippen LogP contribution in [0, 0.1) is 0 Å². The van der Waals surface area contributed by atoms with Gasteiger partial charge in [-0.25, -0.2) is 4.79 Å². The summed E-state index contributed by atoms with van der Waals surface area (Å²) in [5, 5.41) is 30.8. The number of benzene rings is 1. The highest BCUT2D eigenvalue weighted by molar-refractivity contribution is 8.76. The van der Waals surface area contributed by atoms with Crippen molar-refractivity contribution in [3.05, 3.63) is 36.4 Å². The second-order valence-corrected chi connectivity index (χ2v) is 7.96. The Hall–Kier alpha value is -1.80. The summed E-state index contributed by atoms with van der Waals surface area (Å²) in [4.78, 5) is 23.6. The van der Waals surface area contributed by atoms with Crippen LogP contribution in [0.4, 0.5) is 0 Å². The van der Waals surface area contributed by atoms with Gasteiger partial charge in [0.1, 0.15) is 5.54 Å². The topological polar surface area (TPSA) is 107 Å². The number of aromatic hydroxyl groups is 2. The molecule has 1 amide bonds. The number of nitrogens with one attached hydrogen (secondary N) is 1. The zero-order valence-electron chi connectivity index (χ0n) is 13.3. The van der Waals surface area contributed by atoms with E-state index in [0.29, 0.717) is 11.3 Å². The monoisotopic (exact) mass is 371 g/mol. The van der Waals surface area contributed by atoms with Crippen LogP contribution in [0.25, 0.3) is 0 Å². The molecule has 132 valence electrons. The normalized spacial score (nSPS) is 13.0. The van der Waals surface area contributed by atoms with Crippen LogP contribution >= 0.6 is 21.6 Å². The van der Waals surface area contributed by atoms with Gasteiger partial charge in [0.2, 0.25) is 5.91 Å². The van der Waals surface area contributed by atoms with Gasteiger partial charge in [0.25, 0.3) is 0 Å². The van der Waals surface area contributed by atoms with Crippen LogP contribution in [0.5, 0.6) is 11.5 Å². The Morgan fingerprint density at radius 3 is 2.58 bits per heavy atom. The summed E-state index contributed by atoms with van der Waals surface area (Å²) in [5.74, 6) is -0.786. The third-order valence-electron chi connectivity index (χ3n) is 3.17. The van der Waals surface area contributed by atoms with E-state index in [1.807, 2.05) is 0 Å². The fraction of sp³-hybridized carbons (Fsp3) is 0.375. The van der Waals surface area contributed by atoms with Crippen molar-refractivity contribution in [1.82, 2.24) is 5.32 Å². The number of carbonyl (C=O) groups excluding carboxylic acids is 1. The molecule has 0 saturated heterocycles. The van der Waals surface area contributed by atoms with Crippen LogP contribution in [0.15, 0.2) is 30.9 Å². The molecule has 0 bridgehead atoms. The summed E-state index contributed by atoms with van der Waals surface area (Å²) in [5.41, 5.74) is -1.01. The van der Waals surface area contributed by atoms with Crippen LogP contribution in [0.3, 0.4) is 0 Å². The molecule has 0 aromatic heterocycles. The molecule has 24 heavy (non-hydrogen) atoms. The van der Waals surface area contributed by atoms with E-state index in [-0.39, 0.29) is 30.2 Å². The maximum absolute atomic E-state index is 12.0. The van der Waals surface area contributed by atoms with E-state index >= 15 is 0 Å². The zero-order valence-corrected chi connectivity index (χ0v) is 15.0. The molecule has 1 atom stereocenters. The number of carboxylic acids is 1. The number of aliphatic carboxylic acids is 1. The average molecular weight is 371 g/mol. The van der Waals surface area contributed by atoms with Gasteiger partial charge in [0.05, 0.1) is 0 Å². The fourth-order valence-corrected chi connectivity index (χ4v) is 3.68. The van der Waals surface area contributed by atoms with E-state index < -0.39 is 11.5 Å². The number of carboxylic acid groups (broad SMARTS) is 1. The molecule has 1 unspecified atom stereocenters. The molecule has 0 saturated carbocycles. The van der Waals surface area contributed by atoms with E-state index in [4.69, 9.17) is 0 Å². The Balaban J connectivity index is 2.66. The van der Waals surface area contributed by atoms with Crippen molar-refractivity contribution in [3.63, 3.8) is 0 Å². The number of carbonyl (C=O) groups is 2. The Bertz CT molecular complexity index is 608. The zero-order chi connectivity index (χ0) is 18.2. The molecule has 4 N–H and O–H groups in total. The van der Waals surface area contributed by atoms with Crippen molar-refractivity contribution in [1.29, 1.82) is 0 Å². The third kappa shape index (κ3) is 6.37. The first-order valence-electron chi connectivity index (χ1n) is 7.19. The number of hydrogen-bond donors (Lipinski definition) is 4. The first kappa shape index (κ1) is 20.2. The molecule has 1 aromatic rings. The van der Waals surface area contributed by atoms with Crippen molar-refractivity contribution < 1.29 is 24.9 Å². The number of phenols is 2. The molecular formula is C16H21NO5S2. The Morgan fingerprint density at radius 2 is 2.00 bits per heavy atom. The second kappa shape index (κ2) is 9.48. The number of hydrogen-bond acceptors (Lipinski definition) is 6. The summed E-state index contributed by atoms with van der Waals surface area (Å²) >= 11 is 0. The smallest absolute Gasteiger partial charge is 0.329 e. The van der Waals surface area contributed by atoms with Crippen LogP contribution in [-0.4, -0.2) is 44.2 Å². The van der Waals surface area contributed by atoms with Gasteiger partial charge < -0.3 is 20.6 Å². The van der Waals surface area contributed by atoms with Crippen molar-refractivity contribution in [2.24, 2.45) is 0 Å². The van der Waals surface area contributed by atoms with Crippen LogP contribution < -0.4 is 5.32 Å². The molecule has 8 heteroatoms. The minimum absolute atomic E-state index is 0.0136. The molecule has 0 heterocycles. The molecule has 0 radical (unpaired) electrons. The molecule has 0 aliphatic heterocycles. The lowest BCUT2D eigenvalue weighted by atomic mass is 9.92. The summed E-state index contributed by atoms with van der Waals surface area (Å²) in [6.07, 6.45) is 1.96. The van der Waals surface area contributed by atoms with Crippen molar-refractivity contribution in [3.8, 4) is 11.5 Å². The molecule has 1 rings (SSSR count). The van der Waals surface area contributed by atoms with Gasteiger partial charge >= 0.3 is 5.97 Å². The first-order valence-corrected chi connectivity index (χ1v) is 9.68. The lowest BCUT2D eigenvalue weighted by Crippen LogP contribution is -2.53. The highest BCUT2D eigenvalue weighted by Gasteiger charge is 2.35. The molecular weight excluding hydrogens is 350 g/mol. The number of phenolic OH excluding ortho intramolecular Hbond substituents is 2. The van der Waals surface area contributed by atoms with Crippen molar-refractivity contribution in [2.75, 3.05) is 11.5 Å². The summed E-state index contributed by atoms with van der Waals surface area (Å²) in [7, 11) is 3.10. The minimum atomic E-state index is -1.50. The maximum Gasteiger partial charge on any atom is 0.329 e. The summed E-state index contributed by atoms with van der Waals surface area (Å²) < 4.78 is 0. The van der Waals surface area contributed by atoms with Crippen LogP contribution in [0.2, 0.25) is 0 Å². The highest BCUT2D eigenvalue weighted by Crippen LogP contribution is 2.27. The third-order valence-corrected chi connectivity index (χ3v) is 5.48. The predicted octanol–water partition coefficient (Wildman–Crippen LogP) is 2.56. The van der Waals surface area contributed by atoms with E-state index in [1.165, 1.54) is 35.9 Å². The van der Waals surface area contributed by atoms with Crippen molar-refractivity contribution in [2.45, 2.75) is 25.3 Å². The lowest BCUT2D eigenvalue weighted by Gasteiger charge is -2.26. The van der Waals surface area contributed by atoms with Gasteiger partial charge in [-0.05, 0) is 24.6 Å². The lowest BCUT2D eigenvalue weighted by molar-refractivity contribution is -0.146. The maximum atomic E-state index is 12.0. The number of rotatable bonds is 10. The molecule has 1 aromatic carbocycles. The summed E-state index contributed by atoms with van der Waals surface area (Å²) in [6.45, 7) is 5.01. The largest absolute Gasteiger partial charge is 0.504 e.